The second-order valence-electron chi connectivity index (χ2n) is 10.8. The van der Waals surface area contributed by atoms with Crippen molar-refractivity contribution in [3.05, 3.63) is 0 Å². The average Bonchev–Trinajstić information content (AvgIpc) is 2.79. The zero-order valence-corrected chi connectivity index (χ0v) is 18.3. The Labute approximate surface area is 151 Å². The summed E-state index contributed by atoms with van der Waals surface area (Å²) in [5.41, 5.74) is 0.333. The maximum atomic E-state index is 6.78. The van der Waals surface area contributed by atoms with Crippen molar-refractivity contribution in [3.63, 3.8) is 0 Å². The topological polar surface area (TPSA) is 21.7 Å². The summed E-state index contributed by atoms with van der Waals surface area (Å²) in [6.45, 7) is 19.1. The zero-order valence-electron chi connectivity index (χ0n) is 17.3. The molecule has 0 amide bonds. The van der Waals surface area contributed by atoms with Crippen LogP contribution in [0.25, 0.3) is 0 Å². The fourth-order valence-electron chi connectivity index (χ4n) is 5.50. The highest BCUT2D eigenvalue weighted by atomic mass is 28.3. The molecule has 1 aliphatic heterocycles. The van der Waals surface area contributed by atoms with E-state index in [0.29, 0.717) is 29.3 Å². The van der Waals surface area contributed by atoms with Crippen LogP contribution < -0.4 is 0 Å². The Morgan fingerprint density at radius 2 is 1.79 bits per heavy atom. The van der Waals surface area contributed by atoms with Crippen LogP contribution in [-0.2, 0) is 9.31 Å². The van der Waals surface area contributed by atoms with E-state index in [2.05, 4.69) is 65.9 Å². The van der Waals surface area contributed by atoms with Crippen molar-refractivity contribution >= 4 is 15.4 Å². The first kappa shape index (κ1) is 18.9. The molecule has 24 heavy (non-hydrogen) atoms. The normalized spacial score (nSPS) is 39.1. The minimum atomic E-state index is -1.39. The lowest BCUT2D eigenvalue weighted by Gasteiger charge is -2.64. The molecule has 0 unspecified atom stereocenters. The van der Waals surface area contributed by atoms with Crippen LogP contribution in [0.15, 0.2) is 0 Å². The number of rotatable bonds is 5. The van der Waals surface area contributed by atoms with Gasteiger partial charge in [-0.25, -0.2) is 0 Å². The number of hydrogen-bond acceptors (Lipinski definition) is 3. The molecule has 0 radical (unpaired) electrons. The molecule has 4 fully saturated rings. The molecule has 2 bridgehead atoms. The maximum absolute atomic E-state index is 6.78. The third-order valence-corrected chi connectivity index (χ3v) is 10.00. The lowest BCUT2D eigenvalue weighted by molar-refractivity contribution is -0.199. The van der Waals surface area contributed by atoms with Gasteiger partial charge >= 0.3 is 7.12 Å². The van der Waals surface area contributed by atoms with E-state index in [-0.39, 0.29) is 12.7 Å². The van der Waals surface area contributed by atoms with E-state index in [0.717, 1.165) is 12.3 Å². The first-order valence-electron chi connectivity index (χ1n) is 9.93. The third-order valence-electron chi connectivity index (χ3n) is 7.55. The largest absolute Gasteiger partial charge is 0.475 e. The highest BCUT2D eigenvalue weighted by Crippen LogP contribution is 2.65. The predicted octanol–water partition coefficient (Wildman–Crippen LogP) is 4.44. The summed E-state index contributed by atoms with van der Waals surface area (Å²) in [5, 5.41) is 0. The van der Waals surface area contributed by atoms with Gasteiger partial charge in [-0.2, -0.15) is 0 Å². The molecule has 3 aliphatic carbocycles. The van der Waals surface area contributed by atoms with Gasteiger partial charge in [0.05, 0.1) is 11.7 Å². The third kappa shape index (κ3) is 2.84. The van der Waals surface area contributed by atoms with Crippen LogP contribution in [0.3, 0.4) is 0 Å². The van der Waals surface area contributed by atoms with Gasteiger partial charge in [-0.3, -0.25) is 0 Å². The van der Waals surface area contributed by atoms with Crippen molar-refractivity contribution in [2.24, 2.45) is 23.2 Å². The van der Waals surface area contributed by atoms with Crippen LogP contribution in [0.4, 0.5) is 0 Å². The molecular weight excluding hydrogens is 313 g/mol. The van der Waals surface area contributed by atoms with Crippen molar-refractivity contribution in [2.75, 3.05) is 7.05 Å². The molecule has 3 saturated carbocycles. The highest BCUT2D eigenvalue weighted by Gasteiger charge is 2.68. The van der Waals surface area contributed by atoms with Crippen molar-refractivity contribution in [1.29, 1.82) is 0 Å². The van der Waals surface area contributed by atoms with Crippen molar-refractivity contribution in [2.45, 2.75) is 91.2 Å². The SMILES string of the molecule is CC(C)C[C@@H](B1O[C@@H]2C[C@@H]3C[C@@H](C3(C)C)[C@]2(C)O1)N(C)[Si](C)(C)C. The minimum absolute atomic E-state index is 0.0609. The smallest absolute Gasteiger partial charge is 0.404 e. The van der Waals surface area contributed by atoms with Crippen molar-refractivity contribution < 1.29 is 9.31 Å². The van der Waals surface area contributed by atoms with Gasteiger partial charge in [0.1, 0.15) is 8.24 Å². The van der Waals surface area contributed by atoms with E-state index < -0.39 is 8.24 Å². The molecule has 0 N–H and O–H groups in total. The van der Waals surface area contributed by atoms with Gasteiger partial charge in [-0.1, -0.05) is 47.3 Å². The Morgan fingerprint density at radius 3 is 2.29 bits per heavy atom. The molecule has 4 aliphatic rings. The van der Waals surface area contributed by atoms with Gasteiger partial charge in [0.2, 0.25) is 0 Å². The van der Waals surface area contributed by atoms with Crippen molar-refractivity contribution in [3.8, 4) is 0 Å². The van der Waals surface area contributed by atoms with Gasteiger partial charge in [0, 0.05) is 5.94 Å². The van der Waals surface area contributed by atoms with E-state index >= 15 is 0 Å². The van der Waals surface area contributed by atoms with Crippen LogP contribution >= 0.6 is 0 Å². The molecule has 0 spiro atoms. The molecule has 5 heteroatoms. The monoisotopic (exact) mass is 351 g/mol. The summed E-state index contributed by atoms with van der Waals surface area (Å²) in [6, 6.07) is 0. The van der Waals surface area contributed by atoms with Crippen molar-refractivity contribution in [1.82, 2.24) is 4.57 Å². The summed E-state index contributed by atoms with van der Waals surface area (Å²) < 4.78 is 16.0. The predicted molar refractivity (Wildman–Crippen MR) is 104 cm³/mol. The number of hydrogen-bond donors (Lipinski definition) is 0. The lowest BCUT2D eigenvalue weighted by atomic mass is 9.43. The van der Waals surface area contributed by atoms with E-state index in [1.807, 2.05) is 0 Å². The van der Waals surface area contributed by atoms with Gasteiger partial charge in [-0.05, 0) is 56.4 Å². The summed E-state index contributed by atoms with van der Waals surface area (Å²) in [7, 11) is 0.838. The van der Waals surface area contributed by atoms with Gasteiger partial charge in [-0.15, -0.1) is 0 Å². The van der Waals surface area contributed by atoms with Crippen LogP contribution in [0.1, 0.15) is 53.9 Å². The van der Waals surface area contributed by atoms with Gasteiger partial charge in [0.25, 0.3) is 0 Å². The summed E-state index contributed by atoms with van der Waals surface area (Å²) in [5.74, 6) is 2.50. The van der Waals surface area contributed by atoms with E-state index in [1.54, 1.807) is 0 Å². The first-order chi connectivity index (χ1) is 10.9. The maximum Gasteiger partial charge on any atom is 0.475 e. The van der Waals surface area contributed by atoms with E-state index in [4.69, 9.17) is 9.31 Å². The molecule has 1 saturated heterocycles. The molecular formula is C19H38BNO2Si. The average molecular weight is 351 g/mol. The van der Waals surface area contributed by atoms with Crippen LogP contribution in [0.2, 0.25) is 19.6 Å². The van der Waals surface area contributed by atoms with Gasteiger partial charge in [0.15, 0.2) is 0 Å². The molecule has 138 valence electrons. The Morgan fingerprint density at radius 1 is 1.17 bits per heavy atom. The summed E-state index contributed by atoms with van der Waals surface area (Å²) in [4.78, 5) is 0. The lowest BCUT2D eigenvalue weighted by Crippen LogP contribution is -2.65. The molecule has 3 nitrogen and oxygen atoms in total. The Kier molecular flexibility index (Phi) is 4.60. The van der Waals surface area contributed by atoms with E-state index in [9.17, 15) is 0 Å². The highest BCUT2D eigenvalue weighted by molar-refractivity contribution is 6.74. The fourth-order valence-corrected chi connectivity index (χ4v) is 6.72. The summed E-state index contributed by atoms with van der Waals surface area (Å²) >= 11 is 0. The van der Waals surface area contributed by atoms with Gasteiger partial charge < -0.3 is 13.9 Å². The number of nitrogens with zero attached hydrogens (tertiary/aromatic N) is 1. The molecule has 0 aromatic carbocycles. The van der Waals surface area contributed by atoms with Crippen LogP contribution in [0.5, 0.6) is 0 Å². The van der Waals surface area contributed by atoms with Crippen LogP contribution in [-0.4, -0.2) is 44.6 Å². The molecule has 0 aromatic rings. The Balaban J connectivity index is 1.82. The molecule has 4 rings (SSSR count). The molecule has 0 aromatic heterocycles. The van der Waals surface area contributed by atoms with E-state index in [1.165, 1.54) is 12.8 Å². The molecule has 5 atom stereocenters. The minimum Gasteiger partial charge on any atom is -0.404 e. The Bertz CT molecular complexity index is 492. The quantitative estimate of drug-likeness (QED) is 0.684. The summed E-state index contributed by atoms with van der Waals surface area (Å²) in [6.07, 6.45) is 3.95. The first-order valence-corrected chi connectivity index (χ1v) is 13.4. The Hall–Kier alpha value is 0.162. The second-order valence-corrected chi connectivity index (χ2v) is 15.9. The molecule has 1 heterocycles. The van der Waals surface area contributed by atoms with Crippen LogP contribution in [0, 0.1) is 23.2 Å². The zero-order chi connectivity index (χ0) is 18.1. The fraction of sp³-hybridized carbons (Fsp3) is 1.00. The second kappa shape index (κ2) is 5.83. The standard InChI is InChI=1S/C19H38BNO2Si/c1-13(2)10-17(21(6)24(7,8)9)20-22-16-12-14-11-15(18(14,3)4)19(16,5)23-20/h13-17H,10-12H2,1-9H3/t14-,15-,16+,17-,19-/m0/s1.